The highest BCUT2D eigenvalue weighted by molar-refractivity contribution is 6.30. The predicted molar refractivity (Wildman–Crippen MR) is 96.5 cm³/mol. The van der Waals surface area contributed by atoms with Gasteiger partial charge < -0.3 is 4.90 Å². The average Bonchev–Trinajstić information content (AvgIpc) is 3.08. The summed E-state index contributed by atoms with van der Waals surface area (Å²) in [6, 6.07) is 7.51. The smallest absolute Gasteiger partial charge is 0.167 e. The monoisotopic (exact) mass is 345 g/mol. The summed E-state index contributed by atoms with van der Waals surface area (Å²) < 4.78 is 1.96. The van der Waals surface area contributed by atoms with Gasteiger partial charge in [-0.25, -0.2) is 0 Å². The first kappa shape index (κ1) is 17.2. The Labute approximate surface area is 148 Å². The second-order valence-electron chi connectivity index (χ2n) is 6.59. The van der Waals surface area contributed by atoms with Crippen LogP contribution in [0.15, 0.2) is 36.7 Å². The number of carbonyl (C=O) groups is 1. The van der Waals surface area contributed by atoms with Crippen molar-refractivity contribution in [2.75, 3.05) is 19.6 Å². The highest BCUT2D eigenvalue weighted by Crippen LogP contribution is 2.24. The molecule has 0 saturated carbocycles. The zero-order chi connectivity index (χ0) is 16.9. The Hall–Kier alpha value is -1.65. The summed E-state index contributed by atoms with van der Waals surface area (Å²) in [5.41, 5.74) is 1.80. The van der Waals surface area contributed by atoms with Crippen LogP contribution in [0.25, 0.3) is 0 Å². The molecular formula is C19H24ClN3O. The summed E-state index contributed by atoms with van der Waals surface area (Å²) in [6.07, 6.45) is 6.93. The topological polar surface area (TPSA) is 38.1 Å². The van der Waals surface area contributed by atoms with Crippen molar-refractivity contribution >= 4 is 17.4 Å². The summed E-state index contributed by atoms with van der Waals surface area (Å²) in [4.78, 5) is 15.3. The van der Waals surface area contributed by atoms with Gasteiger partial charge in [0, 0.05) is 42.0 Å². The number of Topliss-reactive ketones (excluding diaryl/α,β-unsaturated/α-hetero) is 1. The van der Waals surface area contributed by atoms with Crippen LogP contribution in [0.3, 0.4) is 0 Å². The number of rotatable bonds is 6. The molecule has 5 heteroatoms. The Kier molecular flexibility index (Phi) is 5.69. The number of ketones is 1. The third-order valence-electron chi connectivity index (χ3n) is 4.75. The van der Waals surface area contributed by atoms with Crippen LogP contribution in [0.4, 0.5) is 0 Å². The van der Waals surface area contributed by atoms with E-state index in [2.05, 4.69) is 10.00 Å². The van der Waals surface area contributed by atoms with Gasteiger partial charge in [0.2, 0.25) is 0 Å². The number of piperidine rings is 1. The molecule has 24 heavy (non-hydrogen) atoms. The summed E-state index contributed by atoms with van der Waals surface area (Å²) in [5.74, 6) is 0.365. The summed E-state index contributed by atoms with van der Waals surface area (Å²) in [5, 5.41) is 4.92. The minimum absolute atomic E-state index is 0.100. The van der Waals surface area contributed by atoms with Crippen molar-refractivity contribution in [2.24, 2.45) is 5.92 Å². The fourth-order valence-corrected chi connectivity index (χ4v) is 3.71. The molecule has 0 N–H and O–H groups in total. The van der Waals surface area contributed by atoms with Gasteiger partial charge in [0.15, 0.2) is 5.78 Å². The second kappa shape index (κ2) is 7.95. The molecule has 0 amide bonds. The van der Waals surface area contributed by atoms with Crippen LogP contribution in [0, 0.1) is 12.8 Å². The predicted octanol–water partition coefficient (Wildman–Crippen LogP) is 3.83. The summed E-state index contributed by atoms with van der Waals surface area (Å²) in [7, 11) is 0. The SMILES string of the molecule is Cc1cc(Cl)ccc1C(=O)[C@@H]1CCCN(CCCn2cccn2)C1. The van der Waals surface area contributed by atoms with Crippen LogP contribution >= 0.6 is 11.6 Å². The van der Waals surface area contributed by atoms with Gasteiger partial charge >= 0.3 is 0 Å². The van der Waals surface area contributed by atoms with Gasteiger partial charge in [0.25, 0.3) is 0 Å². The number of benzene rings is 1. The Balaban J connectivity index is 1.55. The van der Waals surface area contributed by atoms with Crippen molar-refractivity contribution in [3.05, 3.63) is 52.8 Å². The van der Waals surface area contributed by atoms with Crippen molar-refractivity contribution in [2.45, 2.75) is 32.7 Å². The third-order valence-corrected chi connectivity index (χ3v) is 4.99. The van der Waals surface area contributed by atoms with Gasteiger partial charge in [-0.1, -0.05) is 11.6 Å². The molecule has 128 valence electrons. The van der Waals surface area contributed by atoms with E-state index in [9.17, 15) is 4.79 Å². The molecule has 0 bridgehead atoms. The van der Waals surface area contributed by atoms with E-state index in [0.717, 1.165) is 56.6 Å². The van der Waals surface area contributed by atoms with Crippen LogP contribution in [-0.2, 0) is 6.54 Å². The number of aromatic nitrogens is 2. The van der Waals surface area contributed by atoms with E-state index >= 15 is 0 Å². The van der Waals surface area contributed by atoms with Crippen LogP contribution in [0.1, 0.15) is 35.2 Å². The Morgan fingerprint density at radius 2 is 2.25 bits per heavy atom. The van der Waals surface area contributed by atoms with Crippen molar-refractivity contribution in [1.29, 1.82) is 0 Å². The Morgan fingerprint density at radius 1 is 1.38 bits per heavy atom. The quantitative estimate of drug-likeness (QED) is 0.747. The van der Waals surface area contributed by atoms with Gasteiger partial charge in [-0.05, 0) is 69.1 Å². The molecule has 2 aromatic rings. The summed E-state index contributed by atoms with van der Waals surface area (Å²) in [6.45, 7) is 5.86. The lowest BCUT2D eigenvalue weighted by Crippen LogP contribution is -2.39. The molecule has 0 unspecified atom stereocenters. The van der Waals surface area contributed by atoms with Gasteiger partial charge in [0.1, 0.15) is 0 Å². The highest BCUT2D eigenvalue weighted by atomic mass is 35.5. The number of halogens is 1. The fourth-order valence-electron chi connectivity index (χ4n) is 3.49. The van der Waals surface area contributed by atoms with E-state index in [-0.39, 0.29) is 11.7 Å². The first-order chi connectivity index (χ1) is 11.6. The number of carbonyl (C=O) groups excluding carboxylic acids is 1. The van der Waals surface area contributed by atoms with E-state index in [1.807, 2.05) is 48.3 Å². The van der Waals surface area contributed by atoms with Crippen LogP contribution in [0.5, 0.6) is 0 Å². The van der Waals surface area contributed by atoms with Crippen LogP contribution in [-0.4, -0.2) is 40.1 Å². The maximum atomic E-state index is 12.9. The van der Waals surface area contributed by atoms with E-state index in [1.54, 1.807) is 0 Å². The molecule has 1 aromatic carbocycles. The van der Waals surface area contributed by atoms with E-state index in [1.165, 1.54) is 0 Å². The minimum atomic E-state index is 0.100. The van der Waals surface area contributed by atoms with E-state index in [4.69, 9.17) is 11.6 Å². The lowest BCUT2D eigenvalue weighted by molar-refractivity contribution is 0.0816. The zero-order valence-corrected chi connectivity index (χ0v) is 14.9. The van der Waals surface area contributed by atoms with Crippen LogP contribution in [0.2, 0.25) is 5.02 Å². The molecule has 2 heterocycles. The van der Waals surface area contributed by atoms with E-state index < -0.39 is 0 Å². The average molecular weight is 346 g/mol. The van der Waals surface area contributed by atoms with Gasteiger partial charge in [-0.3, -0.25) is 9.48 Å². The maximum absolute atomic E-state index is 12.9. The normalized spacial score (nSPS) is 18.7. The number of nitrogens with zero attached hydrogens (tertiary/aromatic N) is 3. The molecular weight excluding hydrogens is 322 g/mol. The molecule has 1 aliphatic rings. The number of hydrogen-bond donors (Lipinski definition) is 0. The lowest BCUT2D eigenvalue weighted by atomic mass is 9.88. The number of hydrogen-bond acceptors (Lipinski definition) is 3. The molecule has 3 rings (SSSR count). The molecule has 1 aliphatic heterocycles. The van der Waals surface area contributed by atoms with Gasteiger partial charge in [-0.15, -0.1) is 0 Å². The third kappa shape index (κ3) is 4.25. The minimum Gasteiger partial charge on any atom is -0.303 e. The molecule has 1 fully saturated rings. The largest absolute Gasteiger partial charge is 0.303 e. The van der Waals surface area contributed by atoms with Crippen LogP contribution < -0.4 is 0 Å². The van der Waals surface area contributed by atoms with Crippen molar-refractivity contribution < 1.29 is 4.79 Å². The molecule has 0 aliphatic carbocycles. The van der Waals surface area contributed by atoms with Crippen molar-refractivity contribution in [3.8, 4) is 0 Å². The van der Waals surface area contributed by atoms with Crippen molar-refractivity contribution in [1.82, 2.24) is 14.7 Å². The number of aryl methyl sites for hydroxylation is 2. The molecule has 4 nitrogen and oxygen atoms in total. The zero-order valence-electron chi connectivity index (χ0n) is 14.1. The molecule has 1 saturated heterocycles. The molecule has 0 radical (unpaired) electrons. The van der Waals surface area contributed by atoms with Crippen molar-refractivity contribution in [3.63, 3.8) is 0 Å². The lowest BCUT2D eigenvalue weighted by Gasteiger charge is -2.32. The first-order valence-corrected chi connectivity index (χ1v) is 9.01. The Bertz CT molecular complexity index is 684. The maximum Gasteiger partial charge on any atom is 0.167 e. The summed E-state index contributed by atoms with van der Waals surface area (Å²) >= 11 is 6.00. The fraction of sp³-hybridized carbons (Fsp3) is 0.474. The van der Waals surface area contributed by atoms with Gasteiger partial charge in [-0.2, -0.15) is 5.10 Å². The second-order valence-corrected chi connectivity index (χ2v) is 7.02. The standard InChI is InChI=1S/C19H24ClN3O/c1-15-13-17(20)6-7-18(15)19(24)16-5-2-9-22(14-16)10-4-12-23-11-3-8-21-23/h3,6-8,11,13,16H,2,4-5,9-10,12,14H2,1H3/t16-/m1/s1. The first-order valence-electron chi connectivity index (χ1n) is 8.63. The van der Waals surface area contributed by atoms with Gasteiger partial charge in [0.05, 0.1) is 0 Å². The molecule has 1 atom stereocenters. The molecule has 1 aromatic heterocycles. The Morgan fingerprint density at radius 3 is 3.00 bits per heavy atom. The highest BCUT2D eigenvalue weighted by Gasteiger charge is 2.27. The molecule has 0 spiro atoms. The van der Waals surface area contributed by atoms with E-state index in [0.29, 0.717) is 5.02 Å². The number of likely N-dealkylation sites (tertiary alicyclic amines) is 1.